The predicted molar refractivity (Wildman–Crippen MR) is 109 cm³/mol. The Balaban J connectivity index is 1.55. The average molecular weight is 382 g/mol. The lowest BCUT2D eigenvalue weighted by atomic mass is 10.2. The minimum absolute atomic E-state index is 0.261. The van der Waals surface area contributed by atoms with Crippen molar-refractivity contribution in [3.63, 3.8) is 0 Å². The van der Waals surface area contributed by atoms with Crippen molar-refractivity contribution >= 4 is 28.9 Å². The van der Waals surface area contributed by atoms with Gasteiger partial charge in [-0.3, -0.25) is 4.79 Å². The number of ether oxygens (including phenoxy) is 1. The molecule has 0 saturated heterocycles. The molecule has 0 aliphatic heterocycles. The molecule has 27 heavy (non-hydrogen) atoms. The van der Waals surface area contributed by atoms with Gasteiger partial charge < -0.3 is 15.4 Å². The summed E-state index contributed by atoms with van der Waals surface area (Å²) in [6.07, 6.45) is 1.64. The van der Waals surface area contributed by atoms with Crippen LogP contribution in [0.2, 0.25) is 5.02 Å². The summed E-state index contributed by atoms with van der Waals surface area (Å²) < 4.78 is 5.39. The van der Waals surface area contributed by atoms with Gasteiger partial charge in [-0.05, 0) is 61.0 Å². The van der Waals surface area contributed by atoms with Gasteiger partial charge in [0.25, 0.3) is 5.91 Å². The Hall–Kier alpha value is -3.05. The first-order chi connectivity index (χ1) is 13.1. The fraction of sp³-hybridized carbons (Fsp3) is 0.143. The van der Waals surface area contributed by atoms with Crippen molar-refractivity contribution < 1.29 is 9.53 Å². The van der Waals surface area contributed by atoms with E-state index < -0.39 is 0 Å². The Bertz CT molecular complexity index is 879. The summed E-state index contributed by atoms with van der Waals surface area (Å²) in [6, 6.07) is 18.4. The summed E-state index contributed by atoms with van der Waals surface area (Å²) in [5.74, 6) is 0.508. The van der Waals surface area contributed by atoms with Gasteiger partial charge in [0.1, 0.15) is 11.4 Å². The first kappa shape index (κ1) is 18.7. The van der Waals surface area contributed by atoms with E-state index in [2.05, 4.69) is 15.6 Å². The molecule has 0 unspecified atom stereocenters. The van der Waals surface area contributed by atoms with Gasteiger partial charge in [0.2, 0.25) is 0 Å². The van der Waals surface area contributed by atoms with Gasteiger partial charge in [-0.1, -0.05) is 23.7 Å². The van der Waals surface area contributed by atoms with Gasteiger partial charge >= 0.3 is 0 Å². The smallest absolute Gasteiger partial charge is 0.274 e. The molecule has 1 amide bonds. The molecule has 5 nitrogen and oxygen atoms in total. The maximum Gasteiger partial charge on any atom is 0.274 e. The molecule has 3 rings (SSSR count). The maximum absolute atomic E-state index is 12.3. The fourth-order valence-electron chi connectivity index (χ4n) is 2.44. The number of halogens is 1. The van der Waals surface area contributed by atoms with E-state index in [1.54, 1.807) is 24.4 Å². The van der Waals surface area contributed by atoms with Gasteiger partial charge in [0.05, 0.1) is 18.5 Å². The third-order valence-corrected chi connectivity index (χ3v) is 4.08. The number of anilines is 2. The highest BCUT2D eigenvalue weighted by Crippen LogP contribution is 2.17. The molecule has 6 heteroatoms. The monoisotopic (exact) mass is 381 g/mol. The molecule has 2 N–H and O–H groups in total. The number of benzene rings is 2. The molecule has 0 fully saturated rings. The summed E-state index contributed by atoms with van der Waals surface area (Å²) in [4.78, 5) is 16.5. The number of carbonyl (C=O) groups excluding carboxylic acids is 1. The highest BCUT2D eigenvalue weighted by molar-refractivity contribution is 6.30. The van der Waals surface area contributed by atoms with Gasteiger partial charge in [-0.25, -0.2) is 4.98 Å². The number of hydrogen-bond acceptors (Lipinski definition) is 4. The Morgan fingerprint density at radius 1 is 1.00 bits per heavy atom. The highest BCUT2D eigenvalue weighted by Gasteiger charge is 2.08. The summed E-state index contributed by atoms with van der Waals surface area (Å²) in [7, 11) is 0. The zero-order chi connectivity index (χ0) is 19.1. The quantitative estimate of drug-likeness (QED) is 0.604. The lowest BCUT2D eigenvalue weighted by Crippen LogP contribution is -2.13. The molecule has 0 atom stereocenters. The summed E-state index contributed by atoms with van der Waals surface area (Å²) in [6.45, 7) is 3.18. The van der Waals surface area contributed by atoms with Crippen molar-refractivity contribution in [1.29, 1.82) is 0 Å². The second kappa shape index (κ2) is 9.05. The van der Waals surface area contributed by atoms with Gasteiger partial charge in [0.15, 0.2) is 0 Å². The molecule has 138 valence electrons. The van der Waals surface area contributed by atoms with E-state index in [0.29, 0.717) is 29.6 Å². The molecule has 2 aromatic carbocycles. The van der Waals surface area contributed by atoms with Crippen LogP contribution >= 0.6 is 11.6 Å². The van der Waals surface area contributed by atoms with E-state index >= 15 is 0 Å². The van der Waals surface area contributed by atoms with Crippen molar-refractivity contribution in [3.8, 4) is 5.75 Å². The molecule has 0 aliphatic carbocycles. The van der Waals surface area contributed by atoms with Crippen LogP contribution in [0.15, 0.2) is 66.9 Å². The highest BCUT2D eigenvalue weighted by atomic mass is 35.5. The number of hydrogen-bond donors (Lipinski definition) is 2. The molecular formula is C21H20ClN3O2. The number of nitrogens with zero attached hydrogens (tertiary/aromatic N) is 1. The van der Waals surface area contributed by atoms with Crippen LogP contribution in [0.5, 0.6) is 5.75 Å². The minimum atomic E-state index is -0.261. The van der Waals surface area contributed by atoms with E-state index in [1.807, 2.05) is 49.4 Å². The fourth-order valence-corrected chi connectivity index (χ4v) is 2.56. The van der Waals surface area contributed by atoms with E-state index in [9.17, 15) is 4.79 Å². The van der Waals surface area contributed by atoms with Crippen LogP contribution in [0.3, 0.4) is 0 Å². The Labute approximate surface area is 163 Å². The summed E-state index contributed by atoms with van der Waals surface area (Å²) in [5.41, 5.74) is 2.98. The molecule has 1 aromatic heterocycles. The Kier molecular flexibility index (Phi) is 6.28. The van der Waals surface area contributed by atoms with Crippen molar-refractivity contribution in [2.75, 3.05) is 17.2 Å². The molecule has 0 saturated carbocycles. The Morgan fingerprint density at radius 3 is 2.33 bits per heavy atom. The third kappa shape index (κ3) is 5.46. The third-order valence-electron chi connectivity index (χ3n) is 3.83. The number of pyridine rings is 1. The summed E-state index contributed by atoms with van der Waals surface area (Å²) >= 11 is 5.88. The predicted octanol–water partition coefficient (Wildman–Crippen LogP) is 5.00. The number of nitrogens with one attached hydrogen (secondary N) is 2. The van der Waals surface area contributed by atoms with Crippen LogP contribution in [-0.2, 0) is 6.54 Å². The molecular weight excluding hydrogens is 362 g/mol. The van der Waals surface area contributed by atoms with Crippen molar-refractivity contribution in [2.24, 2.45) is 0 Å². The molecule has 0 bridgehead atoms. The zero-order valence-electron chi connectivity index (χ0n) is 14.9. The van der Waals surface area contributed by atoms with Crippen LogP contribution in [0.1, 0.15) is 23.0 Å². The van der Waals surface area contributed by atoms with Gasteiger partial charge in [-0.15, -0.1) is 0 Å². The van der Waals surface area contributed by atoms with E-state index in [-0.39, 0.29) is 5.91 Å². The van der Waals surface area contributed by atoms with Crippen molar-refractivity contribution in [3.05, 3.63) is 83.1 Å². The lowest BCUT2D eigenvalue weighted by molar-refractivity contribution is 0.102. The van der Waals surface area contributed by atoms with Crippen LogP contribution in [0.25, 0.3) is 0 Å². The molecule has 1 heterocycles. The van der Waals surface area contributed by atoms with Crippen LogP contribution < -0.4 is 15.4 Å². The van der Waals surface area contributed by atoms with E-state index in [0.717, 1.165) is 17.0 Å². The lowest BCUT2D eigenvalue weighted by Gasteiger charge is -2.09. The maximum atomic E-state index is 12.3. The van der Waals surface area contributed by atoms with Crippen LogP contribution in [0, 0.1) is 0 Å². The number of aromatic nitrogens is 1. The second-order valence-electron chi connectivity index (χ2n) is 5.82. The first-order valence-corrected chi connectivity index (χ1v) is 9.00. The number of rotatable bonds is 7. The van der Waals surface area contributed by atoms with Crippen molar-refractivity contribution in [1.82, 2.24) is 4.98 Å². The molecule has 0 aliphatic rings. The Morgan fingerprint density at radius 2 is 1.70 bits per heavy atom. The van der Waals surface area contributed by atoms with E-state index in [4.69, 9.17) is 16.3 Å². The van der Waals surface area contributed by atoms with E-state index in [1.165, 1.54) is 0 Å². The summed E-state index contributed by atoms with van der Waals surface area (Å²) in [5, 5.41) is 6.79. The van der Waals surface area contributed by atoms with Crippen LogP contribution in [0.4, 0.5) is 11.4 Å². The number of amides is 1. The molecule has 0 radical (unpaired) electrons. The normalized spacial score (nSPS) is 10.3. The SMILES string of the molecule is CCOc1ccc(NC(=O)c2ccc(NCc3ccc(Cl)cc3)cn2)cc1. The first-order valence-electron chi connectivity index (χ1n) is 8.62. The standard InChI is InChI=1S/C21H20ClN3O2/c1-2-27-19-10-7-17(8-11-19)25-21(26)20-12-9-18(14-24-20)23-13-15-3-5-16(22)6-4-15/h3-12,14,23H,2,13H2,1H3,(H,25,26). The van der Waals surface area contributed by atoms with Gasteiger partial charge in [-0.2, -0.15) is 0 Å². The zero-order valence-corrected chi connectivity index (χ0v) is 15.7. The average Bonchev–Trinajstić information content (AvgIpc) is 2.70. The number of carbonyl (C=O) groups is 1. The minimum Gasteiger partial charge on any atom is -0.494 e. The van der Waals surface area contributed by atoms with Gasteiger partial charge in [0, 0.05) is 17.3 Å². The van der Waals surface area contributed by atoms with Crippen molar-refractivity contribution in [2.45, 2.75) is 13.5 Å². The second-order valence-corrected chi connectivity index (χ2v) is 6.26. The van der Waals surface area contributed by atoms with Crippen LogP contribution in [-0.4, -0.2) is 17.5 Å². The largest absolute Gasteiger partial charge is 0.494 e. The topological polar surface area (TPSA) is 63.2 Å². The molecule has 0 spiro atoms. The molecule has 3 aromatic rings.